The van der Waals surface area contributed by atoms with Crippen LogP contribution >= 0.6 is 0 Å². The number of aromatic nitrogens is 3. The number of hydrogen-bond acceptors (Lipinski definition) is 6. The predicted molar refractivity (Wildman–Crippen MR) is 136 cm³/mol. The molecule has 192 valence electrons. The van der Waals surface area contributed by atoms with E-state index in [2.05, 4.69) is 31.8 Å². The SMILES string of the molecule is CC1CC[C@H](C(C)C)[C@@H](OC(=O)N2C[C@@H]3C[C@H]2c2c(O)n(-c4cnc(C#N)c5ccccc45)c(=O)n23)C1. The molecule has 0 spiro atoms. The fourth-order valence-corrected chi connectivity index (χ4v) is 6.76. The third-order valence-corrected chi connectivity index (χ3v) is 8.63. The lowest BCUT2D eigenvalue weighted by molar-refractivity contribution is -0.0133. The van der Waals surface area contributed by atoms with E-state index >= 15 is 0 Å². The summed E-state index contributed by atoms with van der Waals surface area (Å²) in [6.07, 6.45) is 4.61. The maximum absolute atomic E-state index is 13.6. The lowest BCUT2D eigenvalue weighted by Gasteiger charge is -2.38. The molecule has 2 bridgehead atoms. The average molecular weight is 502 g/mol. The van der Waals surface area contributed by atoms with Crippen molar-refractivity contribution in [1.82, 2.24) is 19.0 Å². The molecule has 2 aliphatic heterocycles. The van der Waals surface area contributed by atoms with Gasteiger partial charge in [-0.2, -0.15) is 5.26 Å². The van der Waals surface area contributed by atoms with Crippen LogP contribution in [0.1, 0.15) is 69.9 Å². The summed E-state index contributed by atoms with van der Waals surface area (Å²) in [4.78, 5) is 32.9. The molecule has 4 heterocycles. The van der Waals surface area contributed by atoms with Crippen LogP contribution in [0.4, 0.5) is 4.79 Å². The fourth-order valence-electron chi connectivity index (χ4n) is 6.76. The minimum absolute atomic E-state index is 0.119. The van der Waals surface area contributed by atoms with Gasteiger partial charge in [0.2, 0.25) is 5.88 Å². The van der Waals surface area contributed by atoms with Crippen molar-refractivity contribution >= 4 is 16.9 Å². The molecule has 1 N–H and O–H groups in total. The first kappa shape index (κ1) is 23.6. The molecule has 2 aromatic heterocycles. The summed E-state index contributed by atoms with van der Waals surface area (Å²) < 4.78 is 8.96. The molecule has 37 heavy (non-hydrogen) atoms. The molecule has 0 radical (unpaired) electrons. The number of nitrogens with zero attached hydrogens (tertiary/aromatic N) is 5. The van der Waals surface area contributed by atoms with Crippen LogP contribution in [0.2, 0.25) is 0 Å². The number of imidazole rings is 1. The Morgan fingerprint density at radius 3 is 2.70 bits per heavy atom. The van der Waals surface area contributed by atoms with E-state index in [1.54, 1.807) is 27.7 Å². The van der Waals surface area contributed by atoms with Crippen molar-refractivity contribution in [3.63, 3.8) is 0 Å². The standard InChI is InChI=1S/C28H31N5O4/c1-15(2)18-9-8-16(3)10-24(18)37-28(36)31-14-17-11-22(31)25-26(34)33(27(35)32(17)25)23-13-30-21(12-29)19-6-4-5-7-20(19)23/h4-7,13,15-18,22,24,34H,8-11,14H2,1-3H3/t16?,17-,18+,22-,24-/m0/s1. The molecule has 9 heteroatoms. The van der Waals surface area contributed by atoms with Crippen LogP contribution in [-0.4, -0.2) is 42.9 Å². The van der Waals surface area contributed by atoms with Crippen molar-refractivity contribution < 1.29 is 14.6 Å². The molecular weight excluding hydrogens is 470 g/mol. The van der Waals surface area contributed by atoms with Gasteiger partial charge in [0.15, 0.2) is 0 Å². The number of pyridine rings is 1. The van der Waals surface area contributed by atoms with Gasteiger partial charge in [-0.05, 0) is 37.0 Å². The molecule has 3 aliphatic rings. The van der Waals surface area contributed by atoms with Gasteiger partial charge in [-0.1, -0.05) is 51.5 Å². The van der Waals surface area contributed by atoms with Gasteiger partial charge in [0.1, 0.15) is 23.6 Å². The summed E-state index contributed by atoms with van der Waals surface area (Å²) in [5.41, 5.74) is 0.725. The normalized spacial score (nSPS) is 26.5. The zero-order valence-electron chi connectivity index (χ0n) is 21.3. The smallest absolute Gasteiger partial charge is 0.410 e. The second-order valence-electron chi connectivity index (χ2n) is 11.2. The maximum Gasteiger partial charge on any atom is 0.410 e. The number of carbonyl (C=O) groups is 1. The van der Waals surface area contributed by atoms with Crippen molar-refractivity contribution in [3.8, 4) is 17.6 Å². The van der Waals surface area contributed by atoms with Crippen molar-refractivity contribution in [2.75, 3.05) is 6.54 Å². The number of aromatic hydroxyl groups is 1. The van der Waals surface area contributed by atoms with Crippen LogP contribution in [0.5, 0.6) is 5.88 Å². The summed E-state index contributed by atoms with van der Waals surface area (Å²) in [7, 11) is 0. The maximum atomic E-state index is 13.6. The quantitative estimate of drug-likeness (QED) is 0.558. The van der Waals surface area contributed by atoms with Gasteiger partial charge in [0.05, 0.1) is 24.0 Å². The number of hydrogen-bond donors (Lipinski definition) is 1. The fraction of sp³-hybridized carbons (Fsp3) is 0.500. The number of likely N-dealkylation sites (tertiary alicyclic amines) is 1. The van der Waals surface area contributed by atoms with Gasteiger partial charge in [-0.15, -0.1) is 0 Å². The van der Waals surface area contributed by atoms with E-state index < -0.39 is 6.04 Å². The Balaban J connectivity index is 1.34. The Bertz CT molecular complexity index is 1500. The third kappa shape index (κ3) is 3.53. The summed E-state index contributed by atoms with van der Waals surface area (Å²) in [5.74, 6) is 1.09. The van der Waals surface area contributed by atoms with Crippen LogP contribution in [0, 0.1) is 29.1 Å². The Hall–Kier alpha value is -3.80. The largest absolute Gasteiger partial charge is 0.493 e. The topological polar surface area (TPSA) is 113 Å². The minimum atomic E-state index is -0.428. The van der Waals surface area contributed by atoms with Crippen LogP contribution in [-0.2, 0) is 4.74 Å². The van der Waals surface area contributed by atoms with Crippen molar-refractivity contribution in [3.05, 3.63) is 52.3 Å². The Labute approximate surface area is 214 Å². The second kappa shape index (κ2) is 8.65. The number of amides is 1. The third-order valence-electron chi connectivity index (χ3n) is 8.63. The lowest BCUT2D eigenvalue weighted by atomic mass is 9.75. The zero-order chi connectivity index (χ0) is 26.0. The van der Waals surface area contributed by atoms with Crippen LogP contribution < -0.4 is 5.69 Å². The van der Waals surface area contributed by atoms with Crippen molar-refractivity contribution in [2.24, 2.45) is 17.8 Å². The molecule has 1 amide bonds. The number of nitriles is 1. The van der Waals surface area contributed by atoms with E-state index in [1.165, 1.54) is 10.8 Å². The van der Waals surface area contributed by atoms with E-state index in [0.29, 0.717) is 52.9 Å². The van der Waals surface area contributed by atoms with E-state index in [9.17, 15) is 20.0 Å². The highest BCUT2D eigenvalue weighted by molar-refractivity contribution is 5.93. The number of carbonyl (C=O) groups excluding carboxylic acids is 1. The number of fused-ring (bicyclic) bond motifs is 6. The van der Waals surface area contributed by atoms with Crippen LogP contribution in [0.3, 0.4) is 0 Å². The highest BCUT2D eigenvalue weighted by Crippen LogP contribution is 2.49. The molecule has 2 fully saturated rings. The van der Waals surface area contributed by atoms with Gasteiger partial charge in [0, 0.05) is 17.3 Å². The summed E-state index contributed by atoms with van der Waals surface area (Å²) in [5, 5.41) is 22.0. The molecular formula is C28H31N5O4. The number of benzene rings is 1. The highest BCUT2D eigenvalue weighted by atomic mass is 16.6. The van der Waals surface area contributed by atoms with Gasteiger partial charge in [-0.25, -0.2) is 19.1 Å². The first-order valence-corrected chi connectivity index (χ1v) is 13.1. The number of ether oxygens (including phenoxy) is 1. The molecule has 1 saturated carbocycles. The van der Waals surface area contributed by atoms with Crippen molar-refractivity contribution in [2.45, 2.75) is 64.6 Å². The molecule has 1 saturated heterocycles. The molecule has 3 aromatic rings. The van der Waals surface area contributed by atoms with Gasteiger partial charge >= 0.3 is 11.8 Å². The Morgan fingerprint density at radius 1 is 1.22 bits per heavy atom. The van der Waals surface area contributed by atoms with E-state index in [-0.39, 0.29) is 35.5 Å². The predicted octanol–water partition coefficient (Wildman–Crippen LogP) is 4.66. The summed E-state index contributed by atoms with van der Waals surface area (Å²) in [6.45, 7) is 6.94. The highest BCUT2D eigenvalue weighted by Gasteiger charge is 2.50. The second-order valence-corrected chi connectivity index (χ2v) is 11.2. The monoisotopic (exact) mass is 501 g/mol. The van der Waals surface area contributed by atoms with Crippen LogP contribution in [0.25, 0.3) is 16.5 Å². The lowest BCUT2D eigenvalue weighted by Crippen LogP contribution is -2.42. The van der Waals surface area contributed by atoms with Gasteiger partial charge < -0.3 is 9.84 Å². The molecule has 5 atom stereocenters. The molecule has 1 aliphatic carbocycles. The molecule has 1 unspecified atom stereocenters. The Morgan fingerprint density at radius 2 is 1.97 bits per heavy atom. The number of rotatable bonds is 3. The zero-order valence-corrected chi connectivity index (χ0v) is 21.3. The summed E-state index contributed by atoms with van der Waals surface area (Å²) in [6, 6.07) is 8.62. The summed E-state index contributed by atoms with van der Waals surface area (Å²) >= 11 is 0. The first-order valence-electron chi connectivity index (χ1n) is 13.1. The molecule has 1 aromatic carbocycles. The van der Waals surface area contributed by atoms with Gasteiger partial charge in [-0.3, -0.25) is 9.47 Å². The Kier molecular flexibility index (Phi) is 5.51. The molecule has 6 rings (SSSR count). The van der Waals surface area contributed by atoms with E-state index in [4.69, 9.17) is 4.74 Å². The first-order chi connectivity index (χ1) is 17.8. The van der Waals surface area contributed by atoms with Crippen LogP contribution in [0.15, 0.2) is 35.3 Å². The van der Waals surface area contributed by atoms with Crippen molar-refractivity contribution in [1.29, 1.82) is 5.26 Å². The van der Waals surface area contributed by atoms with E-state index in [0.717, 1.165) is 19.3 Å². The van der Waals surface area contributed by atoms with E-state index in [1.807, 2.05) is 6.07 Å². The van der Waals surface area contributed by atoms with Gasteiger partial charge in [0.25, 0.3) is 0 Å². The minimum Gasteiger partial charge on any atom is -0.493 e. The molecule has 9 nitrogen and oxygen atoms in total. The average Bonchev–Trinajstić information content (AvgIpc) is 3.55.